The summed E-state index contributed by atoms with van der Waals surface area (Å²) in [5, 5.41) is 0. The molecular formula is C24H28F2N2O. The lowest BCUT2D eigenvalue weighted by Gasteiger charge is -2.39. The van der Waals surface area contributed by atoms with E-state index in [1.165, 1.54) is 18.2 Å². The third-order valence-corrected chi connectivity index (χ3v) is 6.71. The van der Waals surface area contributed by atoms with Crippen LogP contribution in [0.4, 0.5) is 8.78 Å². The largest absolute Gasteiger partial charge is 0.340 e. The third-order valence-electron chi connectivity index (χ3n) is 6.71. The Morgan fingerprint density at radius 3 is 2.38 bits per heavy atom. The van der Waals surface area contributed by atoms with Crippen molar-refractivity contribution >= 4 is 5.91 Å². The Morgan fingerprint density at radius 1 is 1.10 bits per heavy atom. The molecule has 154 valence electrons. The van der Waals surface area contributed by atoms with Crippen LogP contribution in [-0.4, -0.2) is 29.4 Å². The van der Waals surface area contributed by atoms with E-state index in [0.29, 0.717) is 18.0 Å². The molecule has 0 radical (unpaired) electrons. The summed E-state index contributed by atoms with van der Waals surface area (Å²) >= 11 is 0. The van der Waals surface area contributed by atoms with Gasteiger partial charge in [-0.15, -0.1) is 0 Å². The number of hydrogen-bond donors (Lipinski definition) is 1. The normalized spacial score (nSPS) is 29.4. The van der Waals surface area contributed by atoms with Crippen LogP contribution in [0.1, 0.15) is 44.6 Å². The Labute approximate surface area is 170 Å². The lowest BCUT2D eigenvalue weighted by Crippen LogP contribution is -2.54. The van der Waals surface area contributed by atoms with E-state index >= 15 is 0 Å². The second-order valence-corrected chi connectivity index (χ2v) is 8.32. The van der Waals surface area contributed by atoms with E-state index in [1.54, 1.807) is 12.1 Å². The van der Waals surface area contributed by atoms with E-state index in [1.807, 2.05) is 30.9 Å². The van der Waals surface area contributed by atoms with Crippen LogP contribution in [0, 0.1) is 23.5 Å². The minimum atomic E-state index is -0.577. The Bertz CT molecular complexity index is 911. The van der Waals surface area contributed by atoms with Gasteiger partial charge in [-0.3, -0.25) is 4.79 Å². The van der Waals surface area contributed by atoms with Gasteiger partial charge in [0.25, 0.3) is 0 Å². The molecule has 4 unspecified atom stereocenters. The SMILES string of the molecule is CC.NC12CCC1CN(C(=O)C1CC1c1ccccc1-c1c(F)cccc1F)C2. The lowest BCUT2D eigenvalue weighted by atomic mass is 9.70. The fourth-order valence-electron chi connectivity index (χ4n) is 4.90. The molecule has 4 atom stereocenters. The number of nitrogens with zero attached hydrogens (tertiary/aromatic N) is 1. The van der Waals surface area contributed by atoms with Crippen LogP contribution in [0.3, 0.4) is 0 Å². The zero-order chi connectivity index (χ0) is 20.8. The average molecular weight is 398 g/mol. The van der Waals surface area contributed by atoms with Gasteiger partial charge in [0.15, 0.2) is 0 Å². The highest BCUT2D eigenvalue weighted by Gasteiger charge is 2.55. The van der Waals surface area contributed by atoms with Crippen molar-refractivity contribution < 1.29 is 13.6 Å². The minimum Gasteiger partial charge on any atom is -0.340 e. The standard InChI is InChI=1S/C22H22F2N2O.C2H6/c23-18-6-3-7-19(24)20(18)15-5-2-1-4-14(15)16-10-17(16)21(27)26-11-13-8-9-22(13,25)12-26;1-2/h1-7,13,16-17H,8-12,25H2;1-2H3. The maximum atomic E-state index is 14.3. The summed E-state index contributed by atoms with van der Waals surface area (Å²) in [6.07, 6.45) is 2.82. The maximum Gasteiger partial charge on any atom is 0.226 e. The molecule has 2 aromatic carbocycles. The zero-order valence-electron chi connectivity index (χ0n) is 17.0. The van der Waals surface area contributed by atoms with Gasteiger partial charge in [-0.1, -0.05) is 44.2 Å². The van der Waals surface area contributed by atoms with Crippen LogP contribution >= 0.6 is 0 Å². The Morgan fingerprint density at radius 2 is 1.79 bits per heavy atom. The van der Waals surface area contributed by atoms with Crippen molar-refractivity contribution in [3.05, 3.63) is 59.7 Å². The fourth-order valence-corrected chi connectivity index (χ4v) is 4.90. The molecular weight excluding hydrogens is 370 g/mol. The van der Waals surface area contributed by atoms with E-state index in [0.717, 1.165) is 31.4 Å². The molecule has 1 saturated heterocycles. The molecule has 1 heterocycles. The predicted octanol–water partition coefficient (Wildman–Crippen LogP) is 4.71. The van der Waals surface area contributed by atoms with Crippen molar-refractivity contribution in [2.24, 2.45) is 17.6 Å². The second kappa shape index (κ2) is 7.52. The molecule has 1 amide bonds. The van der Waals surface area contributed by atoms with Crippen LogP contribution in [0.5, 0.6) is 0 Å². The Balaban J connectivity index is 0.000000994. The molecule has 0 bridgehead atoms. The van der Waals surface area contributed by atoms with Crippen molar-refractivity contribution in [3.63, 3.8) is 0 Å². The monoisotopic (exact) mass is 398 g/mol. The molecule has 2 aliphatic carbocycles. The smallest absolute Gasteiger partial charge is 0.226 e. The highest BCUT2D eigenvalue weighted by molar-refractivity contribution is 5.85. The topological polar surface area (TPSA) is 46.3 Å². The number of rotatable bonds is 3. The van der Waals surface area contributed by atoms with Gasteiger partial charge in [0, 0.05) is 24.5 Å². The molecule has 2 saturated carbocycles. The summed E-state index contributed by atoms with van der Waals surface area (Å²) in [5.74, 6) is -0.678. The maximum absolute atomic E-state index is 14.3. The van der Waals surface area contributed by atoms with Crippen LogP contribution in [0.2, 0.25) is 0 Å². The molecule has 2 aromatic rings. The molecule has 3 nitrogen and oxygen atoms in total. The van der Waals surface area contributed by atoms with Gasteiger partial charge in [0.05, 0.1) is 5.56 Å². The van der Waals surface area contributed by atoms with Crippen LogP contribution in [0.25, 0.3) is 11.1 Å². The van der Waals surface area contributed by atoms with E-state index in [9.17, 15) is 13.6 Å². The molecule has 1 aliphatic heterocycles. The van der Waals surface area contributed by atoms with Gasteiger partial charge < -0.3 is 10.6 Å². The number of fused-ring (bicyclic) bond motifs is 1. The first-order chi connectivity index (χ1) is 14.0. The van der Waals surface area contributed by atoms with E-state index < -0.39 is 11.6 Å². The summed E-state index contributed by atoms with van der Waals surface area (Å²) in [7, 11) is 0. The van der Waals surface area contributed by atoms with Crippen molar-refractivity contribution in [2.75, 3.05) is 13.1 Å². The van der Waals surface area contributed by atoms with Crippen LogP contribution in [0.15, 0.2) is 42.5 Å². The summed E-state index contributed by atoms with van der Waals surface area (Å²) in [6, 6.07) is 11.2. The molecule has 5 rings (SSSR count). The van der Waals surface area contributed by atoms with Gasteiger partial charge >= 0.3 is 0 Å². The quantitative estimate of drug-likeness (QED) is 0.814. The van der Waals surface area contributed by atoms with Crippen LogP contribution < -0.4 is 5.73 Å². The molecule has 5 heteroatoms. The number of benzene rings is 2. The molecule has 0 spiro atoms. The highest BCUT2D eigenvalue weighted by atomic mass is 19.1. The number of carbonyl (C=O) groups is 1. The third kappa shape index (κ3) is 3.35. The zero-order valence-corrected chi connectivity index (χ0v) is 17.0. The Kier molecular flexibility index (Phi) is 5.19. The van der Waals surface area contributed by atoms with Crippen molar-refractivity contribution in [3.8, 4) is 11.1 Å². The molecule has 29 heavy (non-hydrogen) atoms. The first kappa shape index (κ1) is 20.0. The molecule has 0 aromatic heterocycles. The number of likely N-dealkylation sites (tertiary alicyclic amines) is 1. The number of carbonyl (C=O) groups excluding carboxylic acids is 1. The van der Waals surface area contributed by atoms with Gasteiger partial charge in [-0.2, -0.15) is 0 Å². The number of halogens is 2. The summed E-state index contributed by atoms with van der Waals surface area (Å²) in [4.78, 5) is 14.9. The van der Waals surface area contributed by atoms with Gasteiger partial charge in [-0.25, -0.2) is 8.78 Å². The summed E-state index contributed by atoms with van der Waals surface area (Å²) in [6.45, 7) is 5.39. The predicted molar refractivity (Wildman–Crippen MR) is 110 cm³/mol. The average Bonchev–Trinajstić information content (AvgIpc) is 3.48. The molecule has 2 N–H and O–H groups in total. The van der Waals surface area contributed by atoms with Gasteiger partial charge in [0.2, 0.25) is 5.91 Å². The first-order valence-electron chi connectivity index (χ1n) is 10.6. The number of amides is 1. The molecule has 3 aliphatic rings. The van der Waals surface area contributed by atoms with Crippen molar-refractivity contribution in [2.45, 2.75) is 44.6 Å². The van der Waals surface area contributed by atoms with Crippen molar-refractivity contribution in [1.29, 1.82) is 0 Å². The van der Waals surface area contributed by atoms with E-state index in [-0.39, 0.29) is 28.8 Å². The van der Waals surface area contributed by atoms with Gasteiger partial charge in [0.1, 0.15) is 11.6 Å². The number of hydrogen-bond acceptors (Lipinski definition) is 2. The Hall–Kier alpha value is -2.27. The first-order valence-corrected chi connectivity index (χ1v) is 10.6. The van der Waals surface area contributed by atoms with E-state index in [2.05, 4.69) is 0 Å². The highest BCUT2D eigenvalue weighted by Crippen LogP contribution is 2.53. The van der Waals surface area contributed by atoms with Crippen molar-refractivity contribution in [1.82, 2.24) is 4.90 Å². The second-order valence-electron chi connectivity index (χ2n) is 8.32. The fraction of sp³-hybridized carbons (Fsp3) is 0.458. The molecule has 3 fully saturated rings. The lowest BCUT2D eigenvalue weighted by molar-refractivity contribution is -0.131. The summed E-state index contributed by atoms with van der Waals surface area (Å²) in [5.41, 5.74) is 7.56. The van der Waals surface area contributed by atoms with Crippen LogP contribution in [-0.2, 0) is 4.79 Å². The summed E-state index contributed by atoms with van der Waals surface area (Å²) < 4.78 is 28.6. The van der Waals surface area contributed by atoms with E-state index in [4.69, 9.17) is 5.73 Å². The number of nitrogens with two attached hydrogens (primary N) is 1. The van der Waals surface area contributed by atoms with Gasteiger partial charge in [-0.05, 0) is 54.4 Å². The minimum absolute atomic E-state index is 0.00803.